The van der Waals surface area contributed by atoms with Gasteiger partial charge in [0.1, 0.15) is 0 Å². The first-order valence-electron chi connectivity index (χ1n) is 5.15. The summed E-state index contributed by atoms with van der Waals surface area (Å²) < 4.78 is 36.3. The van der Waals surface area contributed by atoms with Crippen molar-refractivity contribution < 1.29 is 13.0 Å². The average molecular weight is 288 g/mol. The summed E-state index contributed by atoms with van der Waals surface area (Å²) in [6.45, 7) is 3.10. The van der Waals surface area contributed by atoms with Crippen LogP contribution in [0.2, 0.25) is 0 Å². The molecule has 0 heterocycles. The molecule has 0 aromatic carbocycles. The van der Waals surface area contributed by atoms with E-state index in [0.29, 0.717) is 6.54 Å². The van der Waals surface area contributed by atoms with Crippen molar-refractivity contribution in [2.24, 2.45) is 0 Å². The molecule has 0 spiro atoms. The second kappa shape index (κ2) is 6.40. The van der Waals surface area contributed by atoms with Gasteiger partial charge in [-0.3, -0.25) is 4.57 Å². The molecule has 0 amide bonds. The van der Waals surface area contributed by atoms with Crippen molar-refractivity contribution in [2.45, 2.75) is 32.4 Å². The van der Waals surface area contributed by atoms with E-state index in [4.69, 9.17) is 0 Å². The molecular weight excluding hydrogens is 267 g/mol. The molecular formula is C8H21N2O3PS2. The summed E-state index contributed by atoms with van der Waals surface area (Å²) >= 11 is 1.20. The van der Waals surface area contributed by atoms with Crippen molar-refractivity contribution in [3.8, 4) is 0 Å². The monoisotopic (exact) mass is 288 g/mol. The molecule has 0 radical (unpaired) electrons. The Hall–Kier alpha value is 0.450. The Bertz CT molecular complexity index is 358. The lowest BCUT2D eigenvalue weighted by atomic mass is 10.4. The van der Waals surface area contributed by atoms with Crippen LogP contribution in [0.15, 0.2) is 0 Å². The summed E-state index contributed by atoms with van der Waals surface area (Å²) in [7, 11) is -2.09. The van der Waals surface area contributed by atoms with Crippen molar-refractivity contribution >= 4 is 28.1 Å². The summed E-state index contributed by atoms with van der Waals surface area (Å²) in [5.74, 6) is 0. The number of sulfonamides is 1. The molecule has 0 aromatic rings. The van der Waals surface area contributed by atoms with Crippen LogP contribution in [0.4, 0.5) is 0 Å². The van der Waals surface area contributed by atoms with E-state index in [1.54, 1.807) is 6.92 Å². The van der Waals surface area contributed by atoms with Gasteiger partial charge in [0.15, 0.2) is 0 Å². The van der Waals surface area contributed by atoms with Gasteiger partial charge in [-0.2, -0.15) is 0 Å². The van der Waals surface area contributed by atoms with Crippen molar-refractivity contribution in [3.05, 3.63) is 0 Å². The van der Waals surface area contributed by atoms with Crippen LogP contribution in [0.5, 0.6) is 0 Å². The van der Waals surface area contributed by atoms with Gasteiger partial charge >= 0.3 is 0 Å². The van der Waals surface area contributed by atoms with Crippen LogP contribution in [0.25, 0.3) is 0 Å². The predicted octanol–water partition coefficient (Wildman–Crippen LogP) is 2.13. The standard InChI is InChI=1S/C8H21N2O3PS2/c1-6-8(3)15-14(11,9-7-2)10(4)16(5,12)13/h8H,6-7H2,1-5H3,(H,9,11). The Morgan fingerprint density at radius 2 is 1.94 bits per heavy atom. The zero-order chi connectivity index (χ0) is 13.0. The minimum absolute atomic E-state index is 0.147. The molecule has 0 aliphatic rings. The Balaban J connectivity index is 5.04. The largest absolute Gasteiger partial charge is 0.282 e. The van der Waals surface area contributed by atoms with E-state index < -0.39 is 16.7 Å². The van der Waals surface area contributed by atoms with Crippen LogP contribution < -0.4 is 5.09 Å². The molecule has 5 nitrogen and oxygen atoms in total. The summed E-state index contributed by atoms with van der Waals surface area (Å²) in [5.41, 5.74) is 0. The number of hydrogen-bond donors (Lipinski definition) is 1. The average Bonchev–Trinajstić information content (AvgIpc) is 2.15. The third-order valence-corrected chi connectivity index (χ3v) is 10.5. The molecule has 0 rings (SSSR count). The van der Waals surface area contributed by atoms with Crippen LogP contribution in [-0.4, -0.2) is 37.6 Å². The maximum absolute atomic E-state index is 12.5. The third-order valence-electron chi connectivity index (χ3n) is 2.11. The highest BCUT2D eigenvalue weighted by atomic mass is 32.7. The molecule has 0 aliphatic carbocycles. The van der Waals surface area contributed by atoms with Gasteiger partial charge in [0.05, 0.1) is 6.26 Å². The van der Waals surface area contributed by atoms with Gasteiger partial charge in [-0.25, -0.2) is 13.5 Å². The van der Waals surface area contributed by atoms with Gasteiger partial charge in [-0.1, -0.05) is 32.2 Å². The van der Waals surface area contributed by atoms with Crippen LogP contribution in [-0.2, 0) is 14.6 Å². The molecule has 0 aliphatic heterocycles. The minimum atomic E-state index is -3.45. The van der Waals surface area contributed by atoms with Crippen LogP contribution in [0.1, 0.15) is 27.2 Å². The zero-order valence-electron chi connectivity index (χ0n) is 10.4. The van der Waals surface area contributed by atoms with E-state index in [2.05, 4.69) is 5.09 Å². The lowest BCUT2D eigenvalue weighted by molar-refractivity contribution is 0.527. The van der Waals surface area contributed by atoms with Crippen molar-refractivity contribution in [1.29, 1.82) is 0 Å². The van der Waals surface area contributed by atoms with Gasteiger partial charge in [0.25, 0.3) is 6.65 Å². The normalized spacial score (nSPS) is 18.4. The van der Waals surface area contributed by atoms with E-state index in [-0.39, 0.29) is 5.25 Å². The molecule has 0 saturated heterocycles. The van der Waals surface area contributed by atoms with Gasteiger partial charge in [-0.05, 0) is 6.42 Å². The van der Waals surface area contributed by atoms with Gasteiger partial charge < -0.3 is 0 Å². The SMILES string of the molecule is CCNP(=O)(SC(C)CC)N(C)S(C)(=O)=O. The predicted molar refractivity (Wildman–Crippen MR) is 71.2 cm³/mol. The van der Waals surface area contributed by atoms with Crippen LogP contribution in [0.3, 0.4) is 0 Å². The number of rotatable bonds is 7. The summed E-state index contributed by atoms with van der Waals surface area (Å²) in [6, 6.07) is 0. The van der Waals surface area contributed by atoms with E-state index in [9.17, 15) is 13.0 Å². The highest BCUT2D eigenvalue weighted by molar-refractivity contribution is 8.58. The second-order valence-electron chi connectivity index (χ2n) is 3.55. The maximum Gasteiger partial charge on any atom is 0.282 e. The minimum Gasteiger partial charge on any atom is -0.276 e. The molecule has 2 unspecified atom stereocenters. The Morgan fingerprint density at radius 1 is 1.44 bits per heavy atom. The fourth-order valence-electron chi connectivity index (χ4n) is 0.917. The number of nitrogens with one attached hydrogen (secondary N) is 1. The van der Waals surface area contributed by atoms with E-state index >= 15 is 0 Å². The number of nitrogens with zero attached hydrogens (tertiary/aromatic N) is 1. The Kier molecular flexibility index (Phi) is 6.58. The van der Waals surface area contributed by atoms with E-state index in [0.717, 1.165) is 16.8 Å². The fraction of sp³-hybridized carbons (Fsp3) is 1.00. The summed E-state index contributed by atoms with van der Waals surface area (Å²) in [5, 5.41) is 2.94. The molecule has 1 N–H and O–H groups in total. The van der Waals surface area contributed by atoms with Crippen LogP contribution in [0, 0.1) is 0 Å². The number of hydrogen-bond acceptors (Lipinski definition) is 4. The molecule has 8 heteroatoms. The quantitative estimate of drug-likeness (QED) is 0.727. The molecule has 0 bridgehead atoms. The topological polar surface area (TPSA) is 66.5 Å². The first-order valence-corrected chi connectivity index (χ1v) is 10.1. The van der Waals surface area contributed by atoms with E-state index in [1.807, 2.05) is 13.8 Å². The second-order valence-corrected chi connectivity index (χ2v) is 10.9. The van der Waals surface area contributed by atoms with E-state index in [1.165, 1.54) is 18.4 Å². The van der Waals surface area contributed by atoms with Crippen molar-refractivity contribution in [3.63, 3.8) is 0 Å². The van der Waals surface area contributed by atoms with Crippen LogP contribution >= 0.6 is 18.0 Å². The molecule has 0 aromatic heterocycles. The highest BCUT2D eigenvalue weighted by Crippen LogP contribution is 2.60. The maximum atomic E-state index is 12.5. The highest BCUT2D eigenvalue weighted by Gasteiger charge is 2.35. The van der Waals surface area contributed by atoms with Gasteiger partial charge in [-0.15, -0.1) is 4.08 Å². The zero-order valence-corrected chi connectivity index (χ0v) is 13.0. The molecule has 2 atom stereocenters. The lowest BCUT2D eigenvalue weighted by Crippen LogP contribution is -2.28. The van der Waals surface area contributed by atoms with Gasteiger partial charge in [0.2, 0.25) is 10.0 Å². The molecule has 0 fully saturated rings. The Morgan fingerprint density at radius 3 is 2.25 bits per heavy atom. The third kappa shape index (κ3) is 4.75. The summed E-state index contributed by atoms with van der Waals surface area (Å²) in [6.07, 6.45) is 1.91. The molecule has 98 valence electrons. The van der Waals surface area contributed by atoms with Crippen molar-refractivity contribution in [1.82, 2.24) is 9.16 Å². The van der Waals surface area contributed by atoms with Gasteiger partial charge in [0, 0.05) is 18.8 Å². The fourth-order valence-corrected chi connectivity index (χ4v) is 8.45. The lowest BCUT2D eigenvalue weighted by Gasteiger charge is -2.27. The molecule has 16 heavy (non-hydrogen) atoms. The smallest absolute Gasteiger partial charge is 0.276 e. The Labute approximate surface area is 103 Å². The van der Waals surface area contributed by atoms with Crippen molar-refractivity contribution in [2.75, 3.05) is 19.8 Å². The first-order chi connectivity index (χ1) is 7.17. The molecule has 0 saturated carbocycles. The summed E-state index contributed by atoms with van der Waals surface area (Å²) in [4.78, 5) is 0. The first kappa shape index (κ1) is 16.4.